The SMILES string of the molecule is COc1ccc2c(c1)CCN2C(=O)c1ccc(O)c(Cl)c1. The fraction of sp³-hybridized carbons (Fsp3) is 0.188. The van der Waals surface area contributed by atoms with Crippen LogP contribution in [0.25, 0.3) is 0 Å². The van der Waals surface area contributed by atoms with Crippen LogP contribution >= 0.6 is 11.6 Å². The van der Waals surface area contributed by atoms with Gasteiger partial charge in [0.25, 0.3) is 5.91 Å². The molecule has 5 heteroatoms. The molecule has 0 bridgehead atoms. The molecule has 0 saturated heterocycles. The third kappa shape index (κ3) is 2.43. The summed E-state index contributed by atoms with van der Waals surface area (Å²) < 4.78 is 5.20. The minimum absolute atomic E-state index is 0.0280. The molecular formula is C16H14ClNO3. The first-order valence-electron chi connectivity index (χ1n) is 6.57. The van der Waals surface area contributed by atoms with Crippen molar-refractivity contribution >= 4 is 23.2 Å². The van der Waals surface area contributed by atoms with Crippen molar-refractivity contribution in [3.05, 3.63) is 52.5 Å². The van der Waals surface area contributed by atoms with Gasteiger partial charge in [-0.05, 0) is 48.4 Å². The molecule has 0 aromatic heterocycles. The molecule has 1 N–H and O–H groups in total. The summed E-state index contributed by atoms with van der Waals surface area (Å²) in [5, 5.41) is 9.61. The number of fused-ring (bicyclic) bond motifs is 1. The van der Waals surface area contributed by atoms with Crippen LogP contribution in [0.15, 0.2) is 36.4 Å². The molecule has 2 aromatic carbocycles. The molecule has 0 radical (unpaired) electrons. The van der Waals surface area contributed by atoms with Gasteiger partial charge in [-0.25, -0.2) is 0 Å². The Bertz CT molecular complexity index is 715. The molecule has 108 valence electrons. The molecule has 0 spiro atoms. The number of phenolic OH excluding ortho intramolecular Hbond substituents is 1. The highest BCUT2D eigenvalue weighted by molar-refractivity contribution is 6.32. The first kappa shape index (κ1) is 13.8. The Balaban J connectivity index is 1.93. The fourth-order valence-electron chi connectivity index (χ4n) is 2.51. The third-order valence-corrected chi connectivity index (χ3v) is 3.92. The minimum atomic E-state index is -0.124. The van der Waals surface area contributed by atoms with Crippen LogP contribution in [0.3, 0.4) is 0 Å². The lowest BCUT2D eigenvalue weighted by molar-refractivity contribution is 0.0989. The van der Waals surface area contributed by atoms with E-state index >= 15 is 0 Å². The number of rotatable bonds is 2. The summed E-state index contributed by atoms with van der Waals surface area (Å²) >= 11 is 5.87. The van der Waals surface area contributed by atoms with E-state index in [2.05, 4.69) is 0 Å². The highest BCUT2D eigenvalue weighted by atomic mass is 35.5. The zero-order valence-corrected chi connectivity index (χ0v) is 12.2. The van der Waals surface area contributed by atoms with E-state index < -0.39 is 0 Å². The van der Waals surface area contributed by atoms with E-state index in [0.717, 1.165) is 23.4 Å². The monoisotopic (exact) mass is 303 g/mol. The number of carbonyl (C=O) groups is 1. The molecular weight excluding hydrogens is 290 g/mol. The molecule has 1 aliphatic rings. The Labute approximate surface area is 127 Å². The Hall–Kier alpha value is -2.20. The predicted molar refractivity (Wildman–Crippen MR) is 81.5 cm³/mol. The van der Waals surface area contributed by atoms with Gasteiger partial charge < -0.3 is 14.7 Å². The largest absolute Gasteiger partial charge is 0.506 e. The summed E-state index contributed by atoms with van der Waals surface area (Å²) in [7, 11) is 1.62. The van der Waals surface area contributed by atoms with Gasteiger partial charge in [0, 0.05) is 17.8 Å². The average molecular weight is 304 g/mol. The van der Waals surface area contributed by atoms with Gasteiger partial charge in [0.15, 0.2) is 0 Å². The highest BCUT2D eigenvalue weighted by Gasteiger charge is 2.26. The zero-order valence-electron chi connectivity index (χ0n) is 11.5. The number of nitrogens with zero attached hydrogens (tertiary/aromatic N) is 1. The second-order valence-corrected chi connectivity index (χ2v) is 5.27. The number of methoxy groups -OCH3 is 1. The molecule has 0 unspecified atom stereocenters. The molecule has 1 amide bonds. The van der Waals surface area contributed by atoms with Crippen molar-refractivity contribution in [2.45, 2.75) is 6.42 Å². The van der Waals surface area contributed by atoms with E-state index in [4.69, 9.17) is 16.3 Å². The van der Waals surface area contributed by atoms with Gasteiger partial charge in [0.2, 0.25) is 0 Å². The third-order valence-electron chi connectivity index (χ3n) is 3.62. The molecule has 1 aliphatic heterocycles. The summed E-state index contributed by atoms with van der Waals surface area (Å²) in [5.74, 6) is 0.635. The zero-order chi connectivity index (χ0) is 15.0. The van der Waals surface area contributed by atoms with Crippen LogP contribution < -0.4 is 9.64 Å². The van der Waals surface area contributed by atoms with Crippen molar-refractivity contribution in [2.75, 3.05) is 18.6 Å². The van der Waals surface area contributed by atoms with E-state index in [0.29, 0.717) is 12.1 Å². The molecule has 3 rings (SSSR count). The quantitative estimate of drug-likeness (QED) is 0.926. The molecule has 0 aliphatic carbocycles. The Morgan fingerprint density at radius 3 is 2.81 bits per heavy atom. The van der Waals surface area contributed by atoms with Crippen molar-refractivity contribution in [3.63, 3.8) is 0 Å². The first-order chi connectivity index (χ1) is 10.1. The van der Waals surface area contributed by atoms with Gasteiger partial charge in [-0.2, -0.15) is 0 Å². The van der Waals surface area contributed by atoms with Gasteiger partial charge >= 0.3 is 0 Å². The molecule has 0 fully saturated rings. The van der Waals surface area contributed by atoms with E-state index in [1.807, 2.05) is 18.2 Å². The van der Waals surface area contributed by atoms with Crippen LogP contribution in [0, 0.1) is 0 Å². The topological polar surface area (TPSA) is 49.8 Å². The van der Waals surface area contributed by atoms with Gasteiger partial charge in [-0.1, -0.05) is 11.6 Å². The van der Waals surface area contributed by atoms with Gasteiger partial charge in [-0.3, -0.25) is 4.79 Å². The van der Waals surface area contributed by atoms with Gasteiger partial charge in [0.05, 0.1) is 12.1 Å². The molecule has 0 saturated carbocycles. The van der Waals surface area contributed by atoms with Gasteiger partial charge in [0.1, 0.15) is 11.5 Å². The van der Waals surface area contributed by atoms with Crippen molar-refractivity contribution in [2.24, 2.45) is 0 Å². The smallest absolute Gasteiger partial charge is 0.258 e. The maximum absolute atomic E-state index is 12.6. The summed E-state index contributed by atoms with van der Waals surface area (Å²) in [6.45, 7) is 0.625. The molecule has 2 aromatic rings. The van der Waals surface area contributed by atoms with E-state index in [1.54, 1.807) is 18.1 Å². The predicted octanol–water partition coefficient (Wildman–Crippen LogP) is 3.26. The lowest BCUT2D eigenvalue weighted by Crippen LogP contribution is -2.28. The molecule has 4 nitrogen and oxygen atoms in total. The molecule has 21 heavy (non-hydrogen) atoms. The Kier molecular flexibility index (Phi) is 3.47. The molecule has 1 heterocycles. The van der Waals surface area contributed by atoms with Crippen LogP contribution in [-0.4, -0.2) is 24.7 Å². The van der Waals surface area contributed by atoms with Crippen molar-refractivity contribution < 1.29 is 14.6 Å². The maximum atomic E-state index is 12.6. The van der Waals surface area contributed by atoms with Crippen LogP contribution in [0.2, 0.25) is 5.02 Å². The number of halogens is 1. The number of ether oxygens (including phenoxy) is 1. The number of amides is 1. The van der Waals surface area contributed by atoms with Crippen LogP contribution in [0.4, 0.5) is 5.69 Å². The summed E-state index contributed by atoms with van der Waals surface area (Å²) in [6, 6.07) is 10.2. The van der Waals surface area contributed by atoms with Crippen LogP contribution in [-0.2, 0) is 6.42 Å². The summed E-state index contributed by atoms with van der Waals surface area (Å²) in [6.07, 6.45) is 0.796. The van der Waals surface area contributed by atoms with E-state index in [-0.39, 0.29) is 16.7 Å². The summed E-state index contributed by atoms with van der Waals surface area (Å²) in [4.78, 5) is 14.3. The van der Waals surface area contributed by atoms with Crippen molar-refractivity contribution in [1.29, 1.82) is 0 Å². The lowest BCUT2D eigenvalue weighted by Gasteiger charge is -2.18. The number of hydrogen-bond acceptors (Lipinski definition) is 3. The number of benzene rings is 2. The van der Waals surface area contributed by atoms with Crippen LogP contribution in [0.5, 0.6) is 11.5 Å². The average Bonchev–Trinajstić information content (AvgIpc) is 2.92. The normalized spacial score (nSPS) is 13.1. The maximum Gasteiger partial charge on any atom is 0.258 e. The highest BCUT2D eigenvalue weighted by Crippen LogP contribution is 2.33. The summed E-state index contributed by atoms with van der Waals surface area (Å²) in [5.41, 5.74) is 2.44. The standard InChI is InChI=1S/C16H14ClNO3/c1-21-12-3-4-14-10(8-12)6-7-18(14)16(20)11-2-5-15(19)13(17)9-11/h2-5,8-9,19H,6-7H2,1H3. The second-order valence-electron chi connectivity index (χ2n) is 4.87. The van der Waals surface area contributed by atoms with Crippen LogP contribution in [0.1, 0.15) is 15.9 Å². The van der Waals surface area contributed by atoms with Gasteiger partial charge in [-0.15, -0.1) is 0 Å². The lowest BCUT2D eigenvalue weighted by atomic mass is 10.1. The second kappa shape index (κ2) is 5.30. The minimum Gasteiger partial charge on any atom is -0.506 e. The van der Waals surface area contributed by atoms with E-state index in [1.165, 1.54) is 12.1 Å². The number of carbonyl (C=O) groups excluding carboxylic acids is 1. The first-order valence-corrected chi connectivity index (χ1v) is 6.95. The van der Waals surface area contributed by atoms with E-state index in [9.17, 15) is 9.90 Å². The number of hydrogen-bond donors (Lipinski definition) is 1. The Morgan fingerprint density at radius 2 is 2.10 bits per heavy atom. The van der Waals surface area contributed by atoms with Crippen molar-refractivity contribution in [1.82, 2.24) is 0 Å². The number of phenols is 1. The number of anilines is 1. The molecule has 0 atom stereocenters. The Morgan fingerprint density at radius 1 is 1.29 bits per heavy atom. The number of aromatic hydroxyl groups is 1. The van der Waals surface area contributed by atoms with Crippen molar-refractivity contribution in [3.8, 4) is 11.5 Å². The fourth-order valence-corrected chi connectivity index (χ4v) is 2.69.